The van der Waals surface area contributed by atoms with Gasteiger partial charge in [-0.2, -0.15) is 0 Å². The van der Waals surface area contributed by atoms with Crippen LogP contribution in [-0.2, 0) is 13.0 Å². The van der Waals surface area contributed by atoms with Gasteiger partial charge in [-0.05, 0) is 36.8 Å². The van der Waals surface area contributed by atoms with Crippen LogP contribution in [0.1, 0.15) is 10.6 Å². The van der Waals surface area contributed by atoms with Crippen LogP contribution >= 0.6 is 23.6 Å². The third kappa shape index (κ3) is 2.11. The van der Waals surface area contributed by atoms with Crippen LogP contribution in [0.15, 0.2) is 29.8 Å². The fraction of sp³-hybridized carbons (Fsp3) is 0.231. The van der Waals surface area contributed by atoms with E-state index >= 15 is 0 Å². The van der Waals surface area contributed by atoms with Crippen LogP contribution in [0, 0.1) is 11.7 Å². The predicted octanol–water partition coefficient (Wildman–Crippen LogP) is 3.71. The maximum atomic E-state index is 5.38. The molecule has 0 aliphatic heterocycles. The van der Waals surface area contributed by atoms with Crippen LogP contribution in [0.3, 0.4) is 0 Å². The minimum absolute atomic E-state index is 0.784. The molecular weight excluding hydrogens is 262 g/mol. The van der Waals surface area contributed by atoms with E-state index < -0.39 is 0 Å². The van der Waals surface area contributed by atoms with E-state index in [0.717, 1.165) is 28.3 Å². The molecule has 3 aromatic rings. The number of H-pyrrole nitrogens is 1. The number of fused-ring (bicyclic) bond motifs is 1. The molecule has 1 N–H and O–H groups in total. The van der Waals surface area contributed by atoms with Gasteiger partial charge in [-0.3, -0.25) is 0 Å². The maximum absolute atomic E-state index is 5.38. The number of aromatic amines is 1. The van der Waals surface area contributed by atoms with Gasteiger partial charge in [0.15, 0.2) is 4.77 Å². The van der Waals surface area contributed by atoms with Crippen LogP contribution in [-0.4, -0.2) is 14.5 Å². The second-order valence-corrected chi connectivity index (χ2v) is 5.64. The zero-order valence-electron chi connectivity index (χ0n) is 10.0. The van der Waals surface area contributed by atoms with Crippen molar-refractivity contribution in [3.63, 3.8) is 0 Å². The Morgan fingerprint density at radius 1 is 1.44 bits per heavy atom. The third-order valence-corrected chi connectivity index (χ3v) is 4.12. The number of hydrogen-bond donors (Lipinski definition) is 1. The number of imidazole rings is 1. The number of aryl methyl sites for hydroxylation is 3. The van der Waals surface area contributed by atoms with Gasteiger partial charge < -0.3 is 9.55 Å². The molecule has 0 bridgehead atoms. The van der Waals surface area contributed by atoms with Gasteiger partial charge in [-0.25, -0.2) is 4.98 Å². The quantitative estimate of drug-likeness (QED) is 0.739. The Hall–Kier alpha value is -1.46. The van der Waals surface area contributed by atoms with Crippen molar-refractivity contribution in [3.8, 4) is 0 Å². The summed E-state index contributed by atoms with van der Waals surface area (Å²) in [6.45, 7) is 2.96. The first-order chi connectivity index (χ1) is 8.74. The lowest BCUT2D eigenvalue weighted by Crippen LogP contribution is -2.01. The van der Waals surface area contributed by atoms with Crippen LogP contribution in [0.4, 0.5) is 0 Å². The topological polar surface area (TPSA) is 33.6 Å². The summed E-state index contributed by atoms with van der Waals surface area (Å²) in [6.07, 6.45) is 2.77. The number of benzene rings is 1. The van der Waals surface area contributed by atoms with Gasteiger partial charge >= 0.3 is 0 Å². The van der Waals surface area contributed by atoms with E-state index in [1.807, 2.05) is 11.6 Å². The van der Waals surface area contributed by atoms with E-state index in [1.165, 1.54) is 11.1 Å². The lowest BCUT2D eigenvalue weighted by molar-refractivity contribution is 0.703. The molecule has 3 nitrogen and oxygen atoms in total. The molecule has 2 heterocycles. The zero-order chi connectivity index (χ0) is 12.5. The first-order valence-corrected chi connectivity index (χ1v) is 7.10. The van der Waals surface area contributed by atoms with Crippen molar-refractivity contribution in [3.05, 3.63) is 45.1 Å². The molecule has 1 aromatic carbocycles. The van der Waals surface area contributed by atoms with Crippen molar-refractivity contribution in [2.24, 2.45) is 0 Å². The molecule has 5 heteroatoms. The summed E-state index contributed by atoms with van der Waals surface area (Å²) in [5.41, 5.74) is 3.52. The summed E-state index contributed by atoms with van der Waals surface area (Å²) in [5, 5.41) is 3.16. The molecule has 0 aliphatic carbocycles. The summed E-state index contributed by atoms with van der Waals surface area (Å²) in [5.74, 6) is 0. The average Bonchev–Trinajstić information content (AvgIpc) is 2.93. The lowest BCUT2D eigenvalue weighted by atomic mass is 10.2. The molecule has 0 fully saturated rings. The van der Waals surface area contributed by atoms with Gasteiger partial charge in [0.25, 0.3) is 0 Å². The monoisotopic (exact) mass is 275 g/mol. The fourth-order valence-corrected chi connectivity index (χ4v) is 2.99. The van der Waals surface area contributed by atoms with Gasteiger partial charge in [0.05, 0.1) is 16.0 Å². The van der Waals surface area contributed by atoms with Crippen molar-refractivity contribution in [2.45, 2.75) is 19.9 Å². The Labute approximate surface area is 114 Å². The smallest absolute Gasteiger partial charge is 0.178 e. The summed E-state index contributed by atoms with van der Waals surface area (Å²) in [4.78, 5) is 7.56. The number of aromatic nitrogens is 3. The maximum Gasteiger partial charge on any atom is 0.178 e. The largest absolute Gasteiger partial charge is 0.331 e. The molecule has 2 aromatic heterocycles. The summed E-state index contributed by atoms with van der Waals surface area (Å²) in [6, 6.07) is 6.37. The Balaban J connectivity index is 1.96. The number of nitrogens with one attached hydrogen (secondary N) is 1. The second-order valence-electron chi connectivity index (χ2n) is 4.28. The van der Waals surface area contributed by atoms with Crippen molar-refractivity contribution >= 4 is 34.6 Å². The van der Waals surface area contributed by atoms with E-state index in [9.17, 15) is 0 Å². The molecule has 0 unspecified atom stereocenters. The number of thiazole rings is 1. The van der Waals surface area contributed by atoms with Crippen LogP contribution < -0.4 is 0 Å². The van der Waals surface area contributed by atoms with Crippen molar-refractivity contribution in [1.82, 2.24) is 14.5 Å². The first-order valence-electron chi connectivity index (χ1n) is 5.81. The van der Waals surface area contributed by atoms with E-state index in [1.54, 1.807) is 11.3 Å². The lowest BCUT2D eigenvalue weighted by Gasteiger charge is -2.02. The van der Waals surface area contributed by atoms with Crippen molar-refractivity contribution in [1.29, 1.82) is 0 Å². The highest BCUT2D eigenvalue weighted by molar-refractivity contribution is 7.71. The first kappa shape index (κ1) is 11.6. The molecule has 3 rings (SSSR count). The minimum atomic E-state index is 0.784. The predicted molar refractivity (Wildman–Crippen MR) is 77.7 cm³/mol. The van der Waals surface area contributed by atoms with Gasteiger partial charge in [-0.15, -0.1) is 11.3 Å². The Bertz CT molecular complexity index is 722. The molecule has 0 radical (unpaired) electrons. The summed E-state index contributed by atoms with van der Waals surface area (Å²) < 4.78 is 2.93. The number of nitrogens with zero attached hydrogens (tertiary/aromatic N) is 2. The molecule has 92 valence electrons. The zero-order valence-corrected chi connectivity index (χ0v) is 11.6. The van der Waals surface area contributed by atoms with Gasteiger partial charge in [-0.1, -0.05) is 6.07 Å². The highest BCUT2D eigenvalue weighted by Crippen LogP contribution is 2.17. The van der Waals surface area contributed by atoms with E-state index in [4.69, 9.17) is 12.2 Å². The minimum Gasteiger partial charge on any atom is -0.331 e. The SMILES string of the molecule is Cc1ccc2c(c1)[nH]c(=S)n2CCc1nccs1. The normalized spacial score (nSPS) is 11.2. The van der Waals surface area contributed by atoms with E-state index in [-0.39, 0.29) is 0 Å². The summed E-state index contributed by atoms with van der Waals surface area (Å²) in [7, 11) is 0. The molecule has 0 saturated carbocycles. The van der Waals surface area contributed by atoms with E-state index in [0.29, 0.717) is 0 Å². The fourth-order valence-electron chi connectivity index (χ4n) is 2.08. The molecule has 18 heavy (non-hydrogen) atoms. The molecule has 0 atom stereocenters. The Morgan fingerprint density at radius 3 is 3.11 bits per heavy atom. The van der Waals surface area contributed by atoms with Crippen molar-refractivity contribution < 1.29 is 0 Å². The molecule has 0 saturated heterocycles. The molecule has 0 aliphatic rings. The Morgan fingerprint density at radius 2 is 2.33 bits per heavy atom. The molecule has 0 amide bonds. The van der Waals surface area contributed by atoms with E-state index in [2.05, 4.69) is 39.7 Å². The third-order valence-electron chi connectivity index (χ3n) is 2.96. The highest BCUT2D eigenvalue weighted by atomic mass is 32.1. The number of hydrogen-bond acceptors (Lipinski definition) is 3. The number of rotatable bonds is 3. The van der Waals surface area contributed by atoms with Crippen LogP contribution in [0.2, 0.25) is 0 Å². The molecule has 0 spiro atoms. The van der Waals surface area contributed by atoms with Crippen LogP contribution in [0.5, 0.6) is 0 Å². The Kier molecular flexibility index (Phi) is 3.01. The van der Waals surface area contributed by atoms with Crippen molar-refractivity contribution in [2.75, 3.05) is 0 Å². The van der Waals surface area contributed by atoms with Crippen LogP contribution in [0.25, 0.3) is 11.0 Å². The molecular formula is C13H13N3S2. The van der Waals surface area contributed by atoms with Gasteiger partial charge in [0.1, 0.15) is 0 Å². The van der Waals surface area contributed by atoms with Gasteiger partial charge in [0, 0.05) is 24.5 Å². The highest BCUT2D eigenvalue weighted by Gasteiger charge is 2.05. The summed E-state index contributed by atoms with van der Waals surface area (Å²) >= 11 is 7.07. The second kappa shape index (κ2) is 4.66. The standard InChI is InChI=1S/C13H13N3S2/c1-9-2-3-11-10(8-9)15-13(17)16(11)6-4-12-14-5-7-18-12/h2-3,5,7-8H,4,6H2,1H3,(H,15,17). The van der Waals surface area contributed by atoms with Gasteiger partial charge in [0.2, 0.25) is 0 Å². The average molecular weight is 275 g/mol.